The molecule has 162 valence electrons. The zero-order chi connectivity index (χ0) is 20.9. The fourth-order valence-electron chi connectivity index (χ4n) is 4.20. The third-order valence-corrected chi connectivity index (χ3v) is 5.94. The Balaban J connectivity index is 1.55. The molecule has 2 heterocycles. The van der Waals surface area contributed by atoms with Gasteiger partial charge in [-0.2, -0.15) is 0 Å². The molecule has 2 aliphatic heterocycles. The minimum atomic E-state index is 0.0863. The van der Waals surface area contributed by atoms with Crippen molar-refractivity contribution >= 4 is 0 Å². The van der Waals surface area contributed by atoms with Gasteiger partial charge in [0.2, 0.25) is 0 Å². The lowest BCUT2D eigenvalue weighted by molar-refractivity contribution is 0.171. The second-order valence-electron chi connectivity index (χ2n) is 7.62. The molecule has 6 heteroatoms. The molecule has 0 spiro atoms. The fourth-order valence-corrected chi connectivity index (χ4v) is 4.20. The molecule has 1 atom stereocenters. The normalized spacial score (nSPS) is 17.5. The first-order chi connectivity index (χ1) is 14.7. The van der Waals surface area contributed by atoms with Crippen molar-refractivity contribution in [3.05, 3.63) is 47.0 Å². The summed E-state index contributed by atoms with van der Waals surface area (Å²) in [4.78, 5) is 2.34. The Morgan fingerprint density at radius 2 is 1.80 bits per heavy atom. The first-order valence-electron chi connectivity index (χ1n) is 10.9. The predicted molar refractivity (Wildman–Crippen MR) is 117 cm³/mol. The Hall–Kier alpha value is -2.44. The highest BCUT2D eigenvalue weighted by molar-refractivity contribution is 5.53. The van der Waals surface area contributed by atoms with Crippen molar-refractivity contribution in [1.29, 1.82) is 0 Å². The average molecular weight is 413 g/mol. The van der Waals surface area contributed by atoms with Crippen molar-refractivity contribution in [3.8, 4) is 23.0 Å². The van der Waals surface area contributed by atoms with Gasteiger partial charge in [-0.25, -0.2) is 0 Å². The van der Waals surface area contributed by atoms with Crippen LogP contribution in [0.2, 0.25) is 0 Å². The number of methoxy groups -OCH3 is 1. The quantitative estimate of drug-likeness (QED) is 0.717. The Bertz CT molecular complexity index is 867. The highest BCUT2D eigenvalue weighted by atomic mass is 16.6. The van der Waals surface area contributed by atoms with E-state index in [0.29, 0.717) is 19.8 Å². The van der Waals surface area contributed by atoms with E-state index in [1.54, 1.807) is 7.11 Å². The maximum absolute atomic E-state index is 6.02. The van der Waals surface area contributed by atoms with E-state index in [9.17, 15) is 0 Å². The molecule has 0 saturated carbocycles. The van der Waals surface area contributed by atoms with Gasteiger partial charge in [0.15, 0.2) is 23.0 Å². The van der Waals surface area contributed by atoms with E-state index < -0.39 is 0 Å². The van der Waals surface area contributed by atoms with E-state index in [2.05, 4.69) is 48.3 Å². The third kappa shape index (κ3) is 4.35. The summed E-state index contributed by atoms with van der Waals surface area (Å²) in [7, 11) is 1.69. The van der Waals surface area contributed by atoms with E-state index in [1.165, 1.54) is 11.1 Å². The number of benzene rings is 2. The lowest BCUT2D eigenvalue weighted by Crippen LogP contribution is -2.31. The van der Waals surface area contributed by atoms with Gasteiger partial charge < -0.3 is 29.2 Å². The molecule has 0 radical (unpaired) electrons. The monoisotopic (exact) mass is 412 g/mol. The number of ether oxygens (including phenoxy) is 4. The molecule has 6 nitrogen and oxygen atoms in total. The van der Waals surface area contributed by atoms with Crippen LogP contribution in [0.4, 0.5) is 0 Å². The van der Waals surface area contributed by atoms with Crippen LogP contribution in [0.1, 0.15) is 36.6 Å². The number of nitrogens with zero attached hydrogens (tertiary/aromatic N) is 1. The topological polar surface area (TPSA) is 52.2 Å². The number of fused-ring (bicyclic) bond motifs is 2. The minimum absolute atomic E-state index is 0.0863. The zero-order valence-electron chi connectivity index (χ0n) is 18.2. The van der Waals surface area contributed by atoms with Crippen LogP contribution >= 0.6 is 0 Å². The number of hydrogen-bond donors (Lipinski definition) is 1. The molecule has 2 aromatic carbocycles. The van der Waals surface area contributed by atoms with Crippen LogP contribution < -0.4 is 24.3 Å². The molecule has 0 saturated heterocycles. The third-order valence-electron chi connectivity index (χ3n) is 5.94. The molecule has 0 fully saturated rings. The Labute approximate surface area is 179 Å². The lowest BCUT2D eigenvalue weighted by atomic mass is 9.89. The summed E-state index contributed by atoms with van der Waals surface area (Å²) in [5, 5.41) is 3.64. The summed E-state index contributed by atoms with van der Waals surface area (Å²) in [5.74, 6) is 3.23. The summed E-state index contributed by atoms with van der Waals surface area (Å²) >= 11 is 0. The second-order valence-corrected chi connectivity index (χ2v) is 7.62. The largest absolute Gasteiger partial charge is 0.493 e. The van der Waals surface area contributed by atoms with Gasteiger partial charge in [-0.3, -0.25) is 0 Å². The number of hydrogen-bond acceptors (Lipinski definition) is 6. The van der Waals surface area contributed by atoms with Crippen molar-refractivity contribution in [3.63, 3.8) is 0 Å². The van der Waals surface area contributed by atoms with Gasteiger partial charge in [0.25, 0.3) is 0 Å². The van der Waals surface area contributed by atoms with Crippen molar-refractivity contribution in [1.82, 2.24) is 10.2 Å². The van der Waals surface area contributed by atoms with E-state index in [0.717, 1.165) is 61.2 Å². The highest BCUT2D eigenvalue weighted by Crippen LogP contribution is 2.40. The molecule has 1 N–H and O–H groups in total. The molecule has 1 unspecified atom stereocenters. The molecule has 0 bridgehead atoms. The molecule has 30 heavy (non-hydrogen) atoms. The zero-order valence-corrected chi connectivity index (χ0v) is 18.2. The molecule has 0 aromatic heterocycles. The van der Waals surface area contributed by atoms with Crippen LogP contribution in [0.15, 0.2) is 30.3 Å². The maximum atomic E-state index is 6.02. The van der Waals surface area contributed by atoms with Crippen molar-refractivity contribution in [2.75, 3.05) is 53.1 Å². The lowest BCUT2D eigenvalue weighted by Gasteiger charge is -2.30. The number of likely N-dealkylation sites (N-methyl/N-ethyl adjacent to an activating group) is 1. The van der Waals surface area contributed by atoms with Gasteiger partial charge in [0, 0.05) is 13.1 Å². The number of nitrogens with one attached hydrogen (secondary N) is 1. The average Bonchev–Trinajstić information content (AvgIpc) is 2.80. The smallest absolute Gasteiger partial charge is 0.161 e. The Morgan fingerprint density at radius 1 is 1.03 bits per heavy atom. The summed E-state index contributed by atoms with van der Waals surface area (Å²) in [6, 6.07) is 10.6. The van der Waals surface area contributed by atoms with Crippen molar-refractivity contribution in [2.45, 2.75) is 26.3 Å². The SMILES string of the molecule is CCN(CC)CCOc1ccc(C2NCCc3cc4c(cc32)OCCO4)cc1OC. The number of rotatable bonds is 8. The van der Waals surface area contributed by atoms with Gasteiger partial charge in [0.05, 0.1) is 13.2 Å². The highest BCUT2D eigenvalue weighted by Gasteiger charge is 2.26. The van der Waals surface area contributed by atoms with Crippen molar-refractivity contribution in [2.24, 2.45) is 0 Å². The molecular weight excluding hydrogens is 380 g/mol. The maximum Gasteiger partial charge on any atom is 0.161 e. The Morgan fingerprint density at radius 3 is 2.53 bits per heavy atom. The molecule has 0 aliphatic carbocycles. The van der Waals surface area contributed by atoms with Crippen LogP contribution in [-0.4, -0.2) is 58.0 Å². The van der Waals surface area contributed by atoms with Gasteiger partial charge in [0.1, 0.15) is 19.8 Å². The molecular formula is C24H32N2O4. The van der Waals surface area contributed by atoms with Gasteiger partial charge in [-0.1, -0.05) is 19.9 Å². The first-order valence-corrected chi connectivity index (χ1v) is 10.9. The van der Waals surface area contributed by atoms with Crippen LogP contribution in [0.3, 0.4) is 0 Å². The van der Waals surface area contributed by atoms with E-state index in [-0.39, 0.29) is 6.04 Å². The van der Waals surface area contributed by atoms with Crippen molar-refractivity contribution < 1.29 is 18.9 Å². The molecule has 0 amide bonds. The standard InChI is InChI=1S/C24H32N2O4/c1-4-26(5-2)10-11-28-20-7-6-18(15-21(20)27-3)24-19-16-23-22(29-12-13-30-23)14-17(19)8-9-25-24/h6-7,14-16,24-25H,4-5,8-13H2,1-3H3. The van der Waals surface area contributed by atoms with Gasteiger partial charge in [-0.15, -0.1) is 0 Å². The second kappa shape index (κ2) is 9.58. The van der Waals surface area contributed by atoms with E-state index in [4.69, 9.17) is 18.9 Å². The summed E-state index contributed by atoms with van der Waals surface area (Å²) in [6.07, 6.45) is 0.978. The van der Waals surface area contributed by atoms with Crippen LogP contribution in [0.5, 0.6) is 23.0 Å². The van der Waals surface area contributed by atoms with E-state index in [1.807, 2.05) is 6.07 Å². The van der Waals surface area contributed by atoms with E-state index >= 15 is 0 Å². The summed E-state index contributed by atoms with van der Waals surface area (Å²) in [5.41, 5.74) is 3.70. The Kier molecular flexibility index (Phi) is 6.65. The molecule has 4 rings (SSSR count). The fraction of sp³-hybridized carbons (Fsp3) is 0.500. The predicted octanol–water partition coefficient (Wildman–Crippen LogP) is 3.42. The van der Waals surface area contributed by atoms with Crippen LogP contribution in [0, 0.1) is 0 Å². The first kappa shape index (κ1) is 20.8. The van der Waals surface area contributed by atoms with Crippen LogP contribution in [-0.2, 0) is 6.42 Å². The van der Waals surface area contributed by atoms with Gasteiger partial charge >= 0.3 is 0 Å². The summed E-state index contributed by atoms with van der Waals surface area (Å²) < 4.78 is 23.3. The summed E-state index contributed by atoms with van der Waals surface area (Å²) in [6.45, 7) is 10.1. The van der Waals surface area contributed by atoms with Crippen LogP contribution in [0.25, 0.3) is 0 Å². The molecule has 2 aliphatic rings. The molecule has 2 aromatic rings. The van der Waals surface area contributed by atoms with Gasteiger partial charge in [-0.05, 0) is 60.5 Å². The minimum Gasteiger partial charge on any atom is -0.493 e.